The Morgan fingerprint density at radius 1 is 1.36 bits per heavy atom. The number of hydrogen-bond donors (Lipinski definition) is 0. The molecule has 1 aliphatic rings. The third kappa shape index (κ3) is 1.17. The Labute approximate surface area is 81.2 Å². The lowest BCUT2D eigenvalue weighted by atomic mass is 10.2. The molecule has 1 fully saturated rings. The van der Waals surface area contributed by atoms with E-state index in [-0.39, 0.29) is 6.10 Å². The second-order valence-corrected chi connectivity index (χ2v) is 3.37. The molecule has 2 aromatic rings. The minimum absolute atomic E-state index is 0.174. The molecule has 0 N–H and O–H groups in total. The van der Waals surface area contributed by atoms with Gasteiger partial charge in [-0.05, 0) is 24.3 Å². The van der Waals surface area contributed by atoms with Crippen LogP contribution in [0, 0.1) is 0 Å². The van der Waals surface area contributed by atoms with Crippen LogP contribution in [0.15, 0.2) is 28.7 Å². The van der Waals surface area contributed by atoms with E-state index in [9.17, 15) is 0 Å². The average molecular weight is 190 g/mol. The first-order chi connectivity index (χ1) is 6.86. The third-order valence-electron chi connectivity index (χ3n) is 2.39. The summed E-state index contributed by atoms with van der Waals surface area (Å²) >= 11 is 0. The fraction of sp³-hybridized carbons (Fsp3) is 0.273. The highest BCUT2D eigenvalue weighted by Crippen LogP contribution is 2.34. The number of fused-ring (bicyclic) bond motifs is 1. The fourth-order valence-corrected chi connectivity index (χ4v) is 1.54. The van der Waals surface area contributed by atoms with Crippen LogP contribution in [-0.2, 0) is 4.74 Å². The molecule has 14 heavy (non-hydrogen) atoms. The molecule has 1 aromatic heterocycles. The maximum Gasteiger partial charge on any atom is 0.139 e. The quantitative estimate of drug-likeness (QED) is 0.682. The number of rotatable bonds is 2. The second kappa shape index (κ2) is 2.75. The highest BCUT2D eigenvalue weighted by molar-refractivity contribution is 5.79. The van der Waals surface area contributed by atoms with Crippen molar-refractivity contribution < 1.29 is 13.9 Å². The minimum Gasteiger partial charge on any atom is -0.497 e. The Bertz CT molecular complexity index is 468. The van der Waals surface area contributed by atoms with Crippen LogP contribution in [-0.4, -0.2) is 13.7 Å². The summed E-state index contributed by atoms with van der Waals surface area (Å²) in [6.07, 6.45) is 0.174. The van der Waals surface area contributed by atoms with Crippen LogP contribution in [0.3, 0.4) is 0 Å². The zero-order chi connectivity index (χ0) is 9.54. The van der Waals surface area contributed by atoms with Gasteiger partial charge in [0.15, 0.2) is 0 Å². The van der Waals surface area contributed by atoms with Crippen molar-refractivity contribution in [1.82, 2.24) is 0 Å². The highest BCUT2D eigenvalue weighted by atomic mass is 16.6. The molecule has 1 aromatic carbocycles. The van der Waals surface area contributed by atoms with Crippen molar-refractivity contribution in [2.24, 2.45) is 0 Å². The second-order valence-electron chi connectivity index (χ2n) is 3.37. The summed E-state index contributed by atoms with van der Waals surface area (Å²) in [4.78, 5) is 0. The lowest BCUT2D eigenvalue weighted by molar-refractivity contribution is 0.378. The molecule has 72 valence electrons. The molecule has 1 aliphatic heterocycles. The number of hydrogen-bond acceptors (Lipinski definition) is 3. The normalized spacial score (nSPS) is 19.9. The zero-order valence-corrected chi connectivity index (χ0v) is 7.82. The summed E-state index contributed by atoms with van der Waals surface area (Å²) in [7, 11) is 1.66. The SMILES string of the molecule is COc1ccc2oc(C3CO3)cc2c1. The van der Waals surface area contributed by atoms with E-state index >= 15 is 0 Å². The molecule has 0 amide bonds. The van der Waals surface area contributed by atoms with E-state index in [1.165, 1.54) is 0 Å². The predicted molar refractivity (Wildman–Crippen MR) is 51.5 cm³/mol. The molecule has 0 bridgehead atoms. The van der Waals surface area contributed by atoms with E-state index in [4.69, 9.17) is 13.9 Å². The molecule has 3 nitrogen and oxygen atoms in total. The molecule has 1 saturated heterocycles. The fourth-order valence-electron chi connectivity index (χ4n) is 1.54. The molecule has 3 rings (SSSR count). The van der Waals surface area contributed by atoms with E-state index < -0.39 is 0 Å². The first-order valence-corrected chi connectivity index (χ1v) is 4.56. The molecule has 3 heteroatoms. The van der Waals surface area contributed by atoms with Gasteiger partial charge in [0, 0.05) is 5.39 Å². The smallest absolute Gasteiger partial charge is 0.139 e. The van der Waals surface area contributed by atoms with E-state index in [1.54, 1.807) is 7.11 Å². The van der Waals surface area contributed by atoms with Crippen LogP contribution in [0.25, 0.3) is 11.0 Å². The van der Waals surface area contributed by atoms with Crippen molar-refractivity contribution in [2.45, 2.75) is 6.10 Å². The maximum absolute atomic E-state index is 5.61. The van der Waals surface area contributed by atoms with E-state index in [2.05, 4.69) is 0 Å². The van der Waals surface area contributed by atoms with Crippen LogP contribution in [0.5, 0.6) is 5.75 Å². The third-order valence-corrected chi connectivity index (χ3v) is 2.39. The summed E-state index contributed by atoms with van der Waals surface area (Å²) in [6.45, 7) is 0.775. The molecule has 1 unspecified atom stereocenters. The van der Waals surface area contributed by atoms with Crippen molar-refractivity contribution in [2.75, 3.05) is 13.7 Å². The number of benzene rings is 1. The average Bonchev–Trinajstić information content (AvgIpc) is 2.97. The van der Waals surface area contributed by atoms with Crippen LogP contribution >= 0.6 is 0 Å². The van der Waals surface area contributed by atoms with Gasteiger partial charge in [-0.3, -0.25) is 0 Å². The van der Waals surface area contributed by atoms with Gasteiger partial charge >= 0.3 is 0 Å². The Kier molecular flexibility index (Phi) is 1.55. The summed E-state index contributed by atoms with van der Waals surface area (Å²) in [6, 6.07) is 7.78. The molecule has 0 radical (unpaired) electrons. The molecule has 0 saturated carbocycles. The van der Waals surface area contributed by atoms with Crippen LogP contribution in [0.1, 0.15) is 11.9 Å². The molecule has 0 aliphatic carbocycles. The van der Waals surface area contributed by atoms with Gasteiger partial charge in [0.2, 0.25) is 0 Å². The minimum atomic E-state index is 0.174. The number of epoxide rings is 1. The maximum atomic E-state index is 5.61. The molecular formula is C11H10O3. The molecule has 2 heterocycles. The van der Waals surface area contributed by atoms with Gasteiger partial charge in [0.25, 0.3) is 0 Å². The number of methoxy groups -OCH3 is 1. The van der Waals surface area contributed by atoms with Gasteiger partial charge in [-0.1, -0.05) is 0 Å². The molecule has 0 spiro atoms. The number of ether oxygens (including phenoxy) is 2. The van der Waals surface area contributed by atoms with Crippen molar-refractivity contribution in [3.05, 3.63) is 30.0 Å². The van der Waals surface area contributed by atoms with Crippen molar-refractivity contribution in [3.8, 4) is 5.75 Å². The lowest BCUT2D eigenvalue weighted by Gasteiger charge is -1.96. The largest absolute Gasteiger partial charge is 0.497 e. The van der Waals surface area contributed by atoms with Crippen molar-refractivity contribution in [1.29, 1.82) is 0 Å². The monoisotopic (exact) mass is 190 g/mol. The van der Waals surface area contributed by atoms with Gasteiger partial charge in [-0.25, -0.2) is 0 Å². The van der Waals surface area contributed by atoms with Crippen molar-refractivity contribution >= 4 is 11.0 Å². The molecular weight excluding hydrogens is 180 g/mol. The summed E-state index contributed by atoms with van der Waals surface area (Å²) in [5.74, 6) is 1.76. The molecule has 1 atom stereocenters. The first kappa shape index (κ1) is 7.88. The lowest BCUT2D eigenvalue weighted by Crippen LogP contribution is -1.79. The Balaban J connectivity index is 2.12. The topological polar surface area (TPSA) is 34.9 Å². The van der Waals surface area contributed by atoms with E-state index in [0.29, 0.717) is 0 Å². The Hall–Kier alpha value is -1.48. The summed E-state index contributed by atoms with van der Waals surface area (Å²) in [5.41, 5.74) is 0.885. The zero-order valence-electron chi connectivity index (χ0n) is 7.82. The van der Waals surface area contributed by atoms with E-state index in [1.807, 2.05) is 24.3 Å². The summed E-state index contributed by atoms with van der Waals surface area (Å²) < 4.78 is 15.9. The number of furan rings is 1. The van der Waals surface area contributed by atoms with Crippen LogP contribution < -0.4 is 4.74 Å². The van der Waals surface area contributed by atoms with Gasteiger partial charge in [-0.15, -0.1) is 0 Å². The van der Waals surface area contributed by atoms with Crippen LogP contribution in [0.2, 0.25) is 0 Å². The Morgan fingerprint density at radius 2 is 2.21 bits per heavy atom. The van der Waals surface area contributed by atoms with Gasteiger partial charge in [-0.2, -0.15) is 0 Å². The predicted octanol–water partition coefficient (Wildman–Crippen LogP) is 2.51. The van der Waals surface area contributed by atoms with Gasteiger partial charge in [0.1, 0.15) is 23.2 Å². The summed E-state index contributed by atoms with van der Waals surface area (Å²) in [5, 5.41) is 1.06. The standard InChI is InChI=1S/C11H10O3/c1-12-8-2-3-9-7(4-8)5-10(14-9)11-6-13-11/h2-5,11H,6H2,1H3. The van der Waals surface area contributed by atoms with Crippen molar-refractivity contribution in [3.63, 3.8) is 0 Å². The Morgan fingerprint density at radius 3 is 2.93 bits per heavy atom. The highest BCUT2D eigenvalue weighted by Gasteiger charge is 2.28. The van der Waals surface area contributed by atoms with Gasteiger partial charge in [0.05, 0.1) is 13.7 Å². The first-order valence-electron chi connectivity index (χ1n) is 4.56. The van der Waals surface area contributed by atoms with E-state index in [0.717, 1.165) is 29.1 Å². The van der Waals surface area contributed by atoms with Crippen LogP contribution in [0.4, 0.5) is 0 Å². The van der Waals surface area contributed by atoms with Gasteiger partial charge < -0.3 is 13.9 Å².